The summed E-state index contributed by atoms with van der Waals surface area (Å²) in [5.74, 6) is 1.90. The SMILES string of the molecule is CNc1ncc(-c2nc(N3CCOCC3)c3sc(CN4CCN(C(=O)C(C)O)CC4)c(C)c3n2)cn1. The highest BCUT2D eigenvalue weighted by molar-refractivity contribution is 7.19. The van der Waals surface area contributed by atoms with E-state index in [0.29, 0.717) is 38.1 Å². The summed E-state index contributed by atoms with van der Waals surface area (Å²) in [6, 6.07) is 0. The molecular formula is C24H32N8O3S. The van der Waals surface area contributed by atoms with Gasteiger partial charge in [-0.2, -0.15) is 0 Å². The van der Waals surface area contributed by atoms with E-state index in [9.17, 15) is 9.90 Å². The number of nitrogens with one attached hydrogen (secondary N) is 1. The first-order valence-electron chi connectivity index (χ1n) is 12.3. The summed E-state index contributed by atoms with van der Waals surface area (Å²) in [6.45, 7) is 10.2. The number of thiophene rings is 1. The van der Waals surface area contributed by atoms with E-state index in [1.807, 2.05) is 0 Å². The second-order valence-corrected chi connectivity index (χ2v) is 10.2. The van der Waals surface area contributed by atoms with Gasteiger partial charge in [0.15, 0.2) is 11.6 Å². The first-order chi connectivity index (χ1) is 17.4. The molecule has 2 N–H and O–H groups in total. The van der Waals surface area contributed by atoms with Gasteiger partial charge in [-0.25, -0.2) is 19.9 Å². The van der Waals surface area contributed by atoms with Crippen molar-refractivity contribution in [2.75, 3.05) is 69.7 Å². The molecule has 12 heteroatoms. The lowest BCUT2D eigenvalue weighted by Gasteiger charge is -2.35. The smallest absolute Gasteiger partial charge is 0.251 e. The van der Waals surface area contributed by atoms with Gasteiger partial charge < -0.3 is 25.0 Å². The predicted octanol–water partition coefficient (Wildman–Crippen LogP) is 1.36. The summed E-state index contributed by atoms with van der Waals surface area (Å²) in [7, 11) is 1.79. The Labute approximate surface area is 214 Å². The number of aryl methyl sites for hydroxylation is 1. The van der Waals surface area contributed by atoms with Gasteiger partial charge >= 0.3 is 0 Å². The Bertz CT molecular complexity index is 1220. The van der Waals surface area contributed by atoms with Crippen LogP contribution in [-0.4, -0.2) is 106 Å². The van der Waals surface area contributed by atoms with Gasteiger partial charge in [0.2, 0.25) is 5.95 Å². The third-order valence-electron chi connectivity index (χ3n) is 6.70. The number of amides is 1. The van der Waals surface area contributed by atoms with Crippen LogP contribution in [0.25, 0.3) is 21.6 Å². The number of nitrogens with zero attached hydrogens (tertiary/aromatic N) is 7. The zero-order valence-corrected chi connectivity index (χ0v) is 21.7. The maximum Gasteiger partial charge on any atom is 0.251 e. The topological polar surface area (TPSA) is 120 Å². The molecule has 0 aliphatic carbocycles. The number of hydrogen-bond acceptors (Lipinski definition) is 11. The summed E-state index contributed by atoms with van der Waals surface area (Å²) in [5, 5.41) is 12.6. The third-order valence-corrected chi connectivity index (χ3v) is 7.96. The van der Waals surface area contributed by atoms with Gasteiger partial charge in [-0.15, -0.1) is 11.3 Å². The van der Waals surface area contributed by atoms with Crippen LogP contribution in [0.1, 0.15) is 17.4 Å². The van der Waals surface area contributed by atoms with E-state index < -0.39 is 6.10 Å². The van der Waals surface area contributed by atoms with Gasteiger partial charge in [0.05, 0.1) is 29.0 Å². The molecule has 36 heavy (non-hydrogen) atoms. The average molecular weight is 513 g/mol. The molecule has 0 bridgehead atoms. The number of carbonyl (C=O) groups excluding carboxylic acids is 1. The fraction of sp³-hybridized carbons (Fsp3) is 0.542. The first kappa shape index (κ1) is 24.8. The Kier molecular flexibility index (Phi) is 7.28. The lowest BCUT2D eigenvalue weighted by molar-refractivity contribution is -0.141. The van der Waals surface area contributed by atoms with Gasteiger partial charge in [-0.1, -0.05) is 0 Å². The molecule has 2 fully saturated rings. The standard InChI is InChI=1S/C24H32N8O3S/c1-15-18(14-30-4-6-32(7-5-30)23(34)16(2)33)36-20-19(15)28-21(17-12-26-24(25-3)27-13-17)29-22(20)31-8-10-35-11-9-31/h12-13,16,33H,4-11,14H2,1-3H3,(H,25,26,27). The number of hydrogen-bond donors (Lipinski definition) is 2. The predicted molar refractivity (Wildman–Crippen MR) is 139 cm³/mol. The highest BCUT2D eigenvalue weighted by atomic mass is 32.1. The van der Waals surface area contributed by atoms with Crippen molar-refractivity contribution < 1.29 is 14.6 Å². The summed E-state index contributed by atoms with van der Waals surface area (Å²) in [4.78, 5) is 38.4. The van der Waals surface area contributed by atoms with Crippen LogP contribution in [0.5, 0.6) is 0 Å². The number of aliphatic hydroxyl groups excluding tert-OH is 1. The number of anilines is 2. The molecular weight excluding hydrogens is 480 g/mol. The molecule has 0 radical (unpaired) electrons. The molecule has 3 aromatic heterocycles. The molecule has 2 aliphatic rings. The summed E-state index contributed by atoms with van der Waals surface area (Å²) in [5.41, 5.74) is 2.89. The number of morpholine rings is 1. The molecule has 3 aromatic rings. The Morgan fingerprint density at radius 1 is 1.14 bits per heavy atom. The van der Waals surface area contributed by atoms with E-state index in [0.717, 1.165) is 59.9 Å². The van der Waals surface area contributed by atoms with Crippen LogP contribution in [-0.2, 0) is 16.1 Å². The van der Waals surface area contributed by atoms with Crippen molar-refractivity contribution >= 4 is 39.2 Å². The fourth-order valence-corrected chi connectivity index (χ4v) is 5.86. The maximum atomic E-state index is 12.1. The second kappa shape index (κ2) is 10.6. The van der Waals surface area contributed by atoms with Crippen molar-refractivity contribution in [1.82, 2.24) is 29.7 Å². The van der Waals surface area contributed by atoms with Gasteiger partial charge in [0, 0.05) is 70.1 Å². The van der Waals surface area contributed by atoms with E-state index in [4.69, 9.17) is 14.7 Å². The van der Waals surface area contributed by atoms with Crippen molar-refractivity contribution in [3.63, 3.8) is 0 Å². The summed E-state index contributed by atoms with van der Waals surface area (Å²) in [6.07, 6.45) is 2.55. The minimum absolute atomic E-state index is 0.197. The average Bonchev–Trinajstić information content (AvgIpc) is 3.23. The van der Waals surface area contributed by atoms with Gasteiger partial charge in [0.25, 0.3) is 5.91 Å². The molecule has 1 unspecified atom stereocenters. The maximum absolute atomic E-state index is 12.1. The number of piperazine rings is 1. The lowest BCUT2D eigenvalue weighted by Crippen LogP contribution is -2.50. The van der Waals surface area contributed by atoms with Crippen molar-refractivity contribution in [2.45, 2.75) is 26.5 Å². The van der Waals surface area contributed by atoms with Crippen LogP contribution in [0, 0.1) is 6.92 Å². The molecule has 2 aliphatic heterocycles. The largest absolute Gasteiger partial charge is 0.384 e. The van der Waals surface area contributed by atoms with E-state index >= 15 is 0 Å². The van der Waals surface area contributed by atoms with Crippen LogP contribution < -0.4 is 10.2 Å². The number of ether oxygens (including phenoxy) is 1. The van der Waals surface area contributed by atoms with Gasteiger partial charge in [0.1, 0.15) is 6.10 Å². The zero-order chi connectivity index (χ0) is 25.2. The van der Waals surface area contributed by atoms with Crippen molar-refractivity contribution in [1.29, 1.82) is 0 Å². The van der Waals surface area contributed by atoms with Crippen molar-refractivity contribution in [3.05, 3.63) is 22.8 Å². The number of fused-ring (bicyclic) bond motifs is 1. The molecule has 0 aromatic carbocycles. The van der Waals surface area contributed by atoms with E-state index in [1.165, 1.54) is 11.8 Å². The highest BCUT2D eigenvalue weighted by Crippen LogP contribution is 2.38. The van der Waals surface area contributed by atoms with Gasteiger partial charge in [-0.3, -0.25) is 9.69 Å². The summed E-state index contributed by atoms with van der Waals surface area (Å²) >= 11 is 1.75. The fourth-order valence-electron chi connectivity index (χ4n) is 4.55. The van der Waals surface area contributed by atoms with Crippen LogP contribution in [0.3, 0.4) is 0 Å². The third kappa shape index (κ3) is 4.99. The Morgan fingerprint density at radius 3 is 2.47 bits per heavy atom. The monoisotopic (exact) mass is 512 g/mol. The van der Waals surface area contributed by atoms with Crippen molar-refractivity contribution in [2.24, 2.45) is 0 Å². The van der Waals surface area contributed by atoms with E-state index in [2.05, 4.69) is 32.0 Å². The van der Waals surface area contributed by atoms with E-state index in [1.54, 1.807) is 35.7 Å². The minimum atomic E-state index is -0.951. The lowest BCUT2D eigenvalue weighted by atomic mass is 10.2. The van der Waals surface area contributed by atoms with Crippen molar-refractivity contribution in [3.8, 4) is 11.4 Å². The second-order valence-electron chi connectivity index (χ2n) is 9.12. The molecule has 11 nitrogen and oxygen atoms in total. The minimum Gasteiger partial charge on any atom is -0.384 e. The molecule has 5 rings (SSSR count). The van der Waals surface area contributed by atoms with Crippen LogP contribution in [0.4, 0.5) is 11.8 Å². The first-order valence-corrected chi connectivity index (χ1v) is 13.1. The zero-order valence-electron chi connectivity index (χ0n) is 20.9. The number of aliphatic hydroxyl groups is 1. The molecule has 1 atom stereocenters. The molecule has 0 spiro atoms. The Morgan fingerprint density at radius 2 is 1.83 bits per heavy atom. The van der Waals surface area contributed by atoms with Crippen LogP contribution in [0.2, 0.25) is 0 Å². The normalized spacial score (nSPS) is 18.0. The molecule has 192 valence electrons. The number of rotatable bonds is 6. The quantitative estimate of drug-likeness (QED) is 0.501. The molecule has 1 amide bonds. The number of aromatic nitrogens is 4. The number of carbonyl (C=O) groups is 1. The van der Waals surface area contributed by atoms with Crippen LogP contribution >= 0.6 is 11.3 Å². The Hall–Kier alpha value is -2.93. The molecule has 5 heterocycles. The molecule has 0 saturated carbocycles. The Balaban J connectivity index is 1.45. The molecule has 2 saturated heterocycles. The highest BCUT2D eigenvalue weighted by Gasteiger charge is 2.26. The van der Waals surface area contributed by atoms with E-state index in [-0.39, 0.29) is 5.91 Å². The van der Waals surface area contributed by atoms with Gasteiger partial charge in [-0.05, 0) is 19.4 Å². The van der Waals surface area contributed by atoms with Crippen LogP contribution in [0.15, 0.2) is 12.4 Å². The summed E-state index contributed by atoms with van der Waals surface area (Å²) < 4.78 is 6.67.